The molecule has 0 aliphatic carbocycles. The molecule has 2 aromatic rings. The highest BCUT2D eigenvalue weighted by molar-refractivity contribution is 7.91. The predicted molar refractivity (Wildman–Crippen MR) is 104 cm³/mol. The summed E-state index contributed by atoms with van der Waals surface area (Å²) in [5.74, 6) is -0.0453. The van der Waals surface area contributed by atoms with Crippen molar-refractivity contribution in [3.63, 3.8) is 0 Å². The number of benzene rings is 1. The average Bonchev–Trinajstić information content (AvgIpc) is 3.11. The summed E-state index contributed by atoms with van der Waals surface area (Å²) in [6, 6.07) is 6.10. The minimum Gasteiger partial charge on any atom is -0.478 e. The molecule has 1 aromatic carbocycles. The highest BCUT2D eigenvalue weighted by Gasteiger charge is 2.31. The Hall–Kier alpha value is -2.68. The Morgan fingerprint density at radius 2 is 2.00 bits per heavy atom. The van der Waals surface area contributed by atoms with E-state index in [2.05, 4.69) is 0 Å². The first-order chi connectivity index (χ1) is 13.1. The van der Waals surface area contributed by atoms with Crippen LogP contribution in [0.4, 0.5) is 5.69 Å². The van der Waals surface area contributed by atoms with Gasteiger partial charge < -0.3 is 9.30 Å². The monoisotopic (exact) mass is 406 g/mol. The Morgan fingerprint density at radius 1 is 1.29 bits per heavy atom. The van der Waals surface area contributed by atoms with E-state index in [9.17, 15) is 23.3 Å². The van der Waals surface area contributed by atoms with E-state index < -0.39 is 14.8 Å². The molecule has 2 heterocycles. The first-order valence-corrected chi connectivity index (χ1v) is 10.7. The van der Waals surface area contributed by atoms with Crippen LogP contribution in [0.15, 0.2) is 24.3 Å². The number of ether oxygens (including phenoxy) is 1. The molecule has 0 radical (unpaired) electrons. The van der Waals surface area contributed by atoms with Gasteiger partial charge in [-0.1, -0.05) is 6.07 Å². The fourth-order valence-corrected chi connectivity index (χ4v) is 5.41. The second-order valence-corrected chi connectivity index (χ2v) is 9.38. The molecule has 1 unspecified atom stereocenters. The summed E-state index contributed by atoms with van der Waals surface area (Å²) in [5.41, 5.74) is 2.47. The van der Waals surface area contributed by atoms with Gasteiger partial charge in [-0.05, 0) is 44.9 Å². The lowest BCUT2D eigenvalue weighted by Gasteiger charge is -2.16. The summed E-state index contributed by atoms with van der Waals surface area (Å²) in [5, 5.41) is 11.2. The number of aromatic nitrogens is 1. The SMILES string of the molecule is Cc1ccc(OCC(=O)c2cc(C)n(C3CCS(=O)(=O)C3)c2C)c([N+](=O)[O-])c1. The summed E-state index contributed by atoms with van der Waals surface area (Å²) >= 11 is 0. The van der Waals surface area contributed by atoms with Crippen LogP contribution in [0.25, 0.3) is 0 Å². The van der Waals surface area contributed by atoms with Gasteiger partial charge in [0, 0.05) is 29.1 Å². The summed E-state index contributed by atoms with van der Waals surface area (Å²) in [7, 11) is -3.05. The van der Waals surface area contributed by atoms with E-state index in [-0.39, 0.29) is 41.4 Å². The van der Waals surface area contributed by atoms with Gasteiger partial charge >= 0.3 is 5.69 Å². The molecule has 0 saturated carbocycles. The van der Waals surface area contributed by atoms with Crippen molar-refractivity contribution in [2.24, 2.45) is 0 Å². The largest absolute Gasteiger partial charge is 0.478 e. The van der Waals surface area contributed by atoms with Gasteiger partial charge in [-0.2, -0.15) is 0 Å². The van der Waals surface area contributed by atoms with Gasteiger partial charge in [0.05, 0.1) is 16.4 Å². The van der Waals surface area contributed by atoms with Crippen LogP contribution in [0.1, 0.15) is 39.8 Å². The number of carbonyl (C=O) groups excluding carboxylic acids is 1. The molecule has 8 nitrogen and oxygen atoms in total. The van der Waals surface area contributed by atoms with Crippen molar-refractivity contribution >= 4 is 21.3 Å². The van der Waals surface area contributed by atoms with E-state index in [4.69, 9.17) is 4.74 Å². The fraction of sp³-hybridized carbons (Fsp3) is 0.421. The van der Waals surface area contributed by atoms with Gasteiger partial charge in [-0.15, -0.1) is 0 Å². The quantitative estimate of drug-likeness (QED) is 0.414. The summed E-state index contributed by atoms with van der Waals surface area (Å²) in [6.45, 7) is 5.01. The second kappa shape index (κ2) is 7.38. The number of sulfone groups is 1. The zero-order valence-corrected chi connectivity index (χ0v) is 16.8. The van der Waals surface area contributed by atoms with Crippen LogP contribution in [0, 0.1) is 30.9 Å². The molecule has 1 aromatic heterocycles. The van der Waals surface area contributed by atoms with Crippen molar-refractivity contribution in [2.75, 3.05) is 18.1 Å². The van der Waals surface area contributed by atoms with Crippen molar-refractivity contribution in [1.82, 2.24) is 4.57 Å². The molecular weight excluding hydrogens is 384 g/mol. The molecule has 0 amide bonds. The molecule has 1 atom stereocenters. The number of aryl methyl sites for hydroxylation is 2. The number of Topliss-reactive ketones (excluding diaryl/α,β-unsaturated/α-hetero) is 1. The molecule has 1 fully saturated rings. The first-order valence-electron chi connectivity index (χ1n) is 8.89. The maximum atomic E-state index is 12.7. The van der Waals surface area contributed by atoms with E-state index in [0.29, 0.717) is 17.7 Å². The highest BCUT2D eigenvalue weighted by Crippen LogP contribution is 2.30. The van der Waals surface area contributed by atoms with Crippen LogP contribution >= 0.6 is 0 Å². The lowest BCUT2D eigenvalue weighted by Crippen LogP contribution is -2.16. The molecule has 1 aliphatic rings. The molecule has 3 rings (SSSR count). The van der Waals surface area contributed by atoms with Crippen LogP contribution in [0.3, 0.4) is 0 Å². The number of hydrogen-bond donors (Lipinski definition) is 0. The van der Waals surface area contributed by atoms with E-state index in [1.54, 1.807) is 26.0 Å². The maximum absolute atomic E-state index is 12.7. The molecule has 0 N–H and O–H groups in total. The van der Waals surface area contributed by atoms with Crippen LogP contribution in [0.2, 0.25) is 0 Å². The number of rotatable bonds is 6. The number of nitro groups is 1. The van der Waals surface area contributed by atoms with E-state index in [0.717, 1.165) is 11.3 Å². The number of ketones is 1. The molecule has 28 heavy (non-hydrogen) atoms. The van der Waals surface area contributed by atoms with Crippen molar-refractivity contribution in [1.29, 1.82) is 0 Å². The Balaban J connectivity index is 1.79. The molecule has 150 valence electrons. The van der Waals surface area contributed by atoms with Gasteiger partial charge in [0.1, 0.15) is 0 Å². The number of carbonyl (C=O) groups is 1. The third-order valence-electron chi connectivity index (χ3n) is 5.03. The summed E-state index contributed by atoms with van der Waals surface area (Å²) in [4.78, 5) is 23.3. The van der Waals surface area contributed by atoms with Gasteiger partial charge in [-0.25, -0.2) is 8.42 Å². The van der Waals surface area contributed by atoms with Crippen LogP contribution < -0.4 is 4.74 Å². The lowest BCUT2D eigenvalue weighted by atomic mass is 10.1. The smallest absolute Gasteiger partial charge is 0.311 e. The zero-order chi connectivity index (χ0) is 20.6. The van der Waals surface area contributed by atoms with Crippen molar-refractivity contribution in [3.05, 3.63) is 56.9 Å². The van der Waals surface area contributed by atoms with Gasteiger partial charge in [0.25, 0.3) is 0 Å². The average molecular weight is 406 g/mol. The van der Waals surface area contributed by atoms with Gasteiger partial charge in [0.15, 0.2) is 22.2 Å². The highest BCUT2D eigenvalue weighted by atomic mass is 32.2. The van der Waals surface area contributed by atoms with Gasteiger partial charge in [0.2, 0.25) is 5.78 Å². The summed E-state index contributed by atoms with van der Waals surface area (Å²) < 4.78 is 30.9. The van der Waals surface area contributed by atoms with Crippen molar-refractivity contribution in [3.8, 4) is 5.75 Å². The Bertz CT molecular complexity index is 1050. The maximum Gasteiger partial charge on any atom is 0.311 e. The number of hydrogen-bond acceptors (Lipinski definition) is 6. The minimum atomic E-state index is -3.05. The normalized spacial score (nSPS) is 18.2. The Kier molecular flexibility index (Phi) is 5.29. The first kappa shape index (κ1) is 20.1. The molecule has 9 heteroatoms. The van der Waals surface area contributed by atoms with Gasteiger partial charge in [-0.3, -0.25) is 14.9 Å². The van der Waals surface area contributed by atoms with E-state index >= 15 is 0 Å². The van der Waals surface area contributed by atoms with Crippen LogP contribution in [0.5, 0.6) is 5.75 Å². The van der Waals surface area contributed by atoms with Crippen LogP contribution in [-0.2, 0) is 9.84 Å². The van der Waals surface area contributed by atoms with E-state index in [1.807, 2.05) is 11.5 Å². The Labute approximate surface area is 163 Å². The molecule has 0 spiro atoms. The standard InChI is InChI=1S/C19H22N2O6S/c1-12-4-5-19(17(8-12)21(23)24)27-10-18(22)16-9-13(2)20(14(16)3)15-6-7-28(25,26)11-15/h4-5,8-9,15H,6-7,10-11H2,1-3H3. The molecule has 1 aliphatic heterocycles. The van der Waals surface area contributed by atoms with Crippen LogP contribution in [-0.4, -0.2) is 41.8 Å². The number of nitro benzene ring substituents is 1. The Morgan fingerprint density at radius 3 is 2.61 bits per heavy atom. The second-order valence-electron chi connectivity index (χ2n) is 7.15. The molecule has 1 saturated heterocycles. The number of nitrogens with zero attached hydrogens (tertiary/aromatic N) is 2. The zero-order valence-electron chi connectivity index (χ0n) is 16.0. The van der Waals surface area contributed by atoms with E-state index in [1.165, 1.54) is 12.1 Å². The van der Waals surface area contributed by atoms with Crippen molar-refractivity contribution < 1.29 is 22.9 Å². The lowest BCUT2D eigenvalue weighted by molar-refractivity contribution is -0.385. The molecule has 0 bridgehead atoms. The fourth-order valence-electron chi connectivity index (χ4n) is 3.71. The third kappa shape index (κ3) is 3.94. The topological polar surface area (TPSA) is 109 Å². The molecular formula is C19H22N2O6S. The predicted octanol–water partition coefficient (Wildman–Crippen LogP) is 2.94. The van der Waals surface area contributed by atoms with Crippen molar-refractivity contribution in [2.45, 2.75) is 33.2 Å². The minimum absolute atomic E-state index is 0.0413. The third-order valence-corrected chi connectivity index (χ3v) is 6.78. The summed E-state index contributed by atoms with van der Waals surface area (Å²) in [6.07, 6.45) is 0.526.